The van der Waals surface area contributed by atoms with Crippen LogP contribution in [-0.2, 0) is 19.1 Å². The van der Waals surface area contributed by atoms with Gasteiger partial charge in [-0.05, 0) is 68.4 Å². The van der Waals surface area contributed by atoms with Crippen LogP contribution in [0.5, 0.6) is 0 Å². The van der Waals surface area contributed by atoms with E-state index in [1.54, 1.807) is 13.0 Å². The highest BCUT2D eigenvalue weighted by molar-refractivity contribution is 6.01. The van der Waals surface area contributed by atoms with Gasteiger partial charge in [0, 0.05) is 23.7 Å². The fourth-order valence-corrected chi connectivity index (χ4v) is 8.21. The Hall–Kier alpha value is -1.71. The Labute approximate surface area is 174 Å². The number of Topliss-reactive ketones (excluding diaryl/α,β-unsaturated/α-hetero) is 1. The van der Waals surface area contributed by atoms with Crippen LogP contribution in [0.2, 0.25) is 0 Å². The first-order valence-corrected chi connectivity index (χ1v) is 11.1. The van der Waals surface area contributed by atoms with Crippen molar-refractivity contribution in [2.75, 3.05) is 0 Å². The molecule has 4 heteroatoms. The average Bonchev–Trinajstić information content (AvgIpc) is 2.85. The molecule has 0 aromatic carbocycles. The number of esters is 1. The Balaban J connectivity index is 1.78. The van der Waals surface area contributed by atoms with E-state index in [4.69, 9.17) is 4.74 Å². The summed E-state index contributed by atoms with van der Waals surface area (Å²) < 4.78 is 5.94. The van der Waals surface area contributed by atoms with Crippen molar-refractivity contribution in [3.63, 3.8) is 0 Å². The zero-order valence-corrected chi connectivity index (χ0v) is 18.6. The minimum Gasteiger partial charge on any atom is -0.450 e. The molecule has 4 aliphatic rings. The Morgan fingerprint density at radius 3 is 2.41 bits per heavy atom. The molecule has 0 N–H and O–H groups in total. The normalized spacial score (nSPS) is 48.3. The standard InChI is InChI=1S/C25H34O4/c1-14-11-19-20(23(5)9-7-18(28)13-21(14)23)8-10-24(6)22(19)12-15(2)25(24,16(3)26)29-17(4)27/h7,9,13-15,19-20,22H,8,10-12H2,1-6H3/t14-,15+,19+,20-,22-,23+,24-,25-/m0/s1. The maximum absolute atomic E-state index is 13.0. The van der Waals surface area contributed by atoms with Crippen LogP contribution < -0.4 is 0 Å². The lowest BCUT2D eigenvalue weighted by Crippen LogP contribution is -2.60. The molecule has 0 aromatic rings. The zero-order chi connectivity index (χ0) is 21.4. The summed E-state index contributed by atoms with van der Waals surface area (Å²) >= 11 is 0. The molecule has 0 unspecified atom stereocenters. The smallest absolute Gasteiger partial charge is 0.303 e. The first-order valence-electron chi connectivity index (χ1n) is 11.1. The lowest BCUT2D eigenvalue weighted by atomic mass is 9.45. The molecule has 29 heavy (non-hydrogen) atoms. The Kier molecular flexibility index (Phi) is 4.53. The molecule has 4 aliphatic carbocycles. The van der Waals surface area contributed by atoms with Crippen molar-refractivity contribution in [1.29, 1.82) is 0 Å². The van der Waals surface area contributed by atoms with Crippen molar-refractivity contribution in [2.24, 2.45) is 40.4 Å². The summed E-state index contributed by atoms with van der Waals surface area (Å²) in [7, 11) is 0. The summed E-state index contributed by atoms with van der Waals surface area (Å²) in [6, 6.07) is 0. The monoisotopic (exact) mass is 398 g/mol. The number of ketones is 2. The van der Waals surface area contributed by atoms with Gasteiger partial charge in [-0.3, -0.25) is 14.4 Å². The van der Waals surface area contributed by atoms with E-state index in [0.717, 1.165) is 25.7 Å². The van der Waals surface area contributed by atoms with Gasteiger partial charge in [-0.2, -0.15) is 0 Å². The zero-order valence-electron chi connectivity index (χ0n) is 18.6. The van der Waals surface area contributed by atoms with E-state index in [1.807, 2.05) is 6.08 Å². The number of ether oxygens (including phenoxy) is 1. The van der Waals surface area contributed by atoms with E-state index in [0.29, 0.717) is 23.7 Å². The SMILES string of the molecule is CC(=O)O[C@]1(C(C)=O)[C@H](C)C[C@H]2[C@@H]3C[C@H](C)C4=CC(=O)C=C[C@]4(C)[C@H]3CC[C@@]21C. The molecule has 0 radical (unpaired) electrons. The summed E-state index contributed by atoms with van der Waals surface area (Å²) in [4.78, 5) is 37.1. The van der Waals surface area contributed by atoms with Crippen molar-refractivity contribution < 1.29 is 19.1 Å². The van der Waals surface area contributed by atoms with E-state index >= 15 is 0 Å². The Morgan fingerprint density at radius 1 is 1.10 bits per heavy atom. The van der Waals surface area contributed by atoms with Gasteiger partial charge in [0.05, 0.1) is 0 Å². The maximum atomic E-state index is 13.0. The molecule has 8 atom stereocenters. The first-order chi connectivity index (χ1) is 13.5. The molecule has 158 valence electrons. The molecule has 3 fully saturated rings. The van der Waals surface area contributed by atoms with Gasteiger partial charge < -0.3 is 4.74 Å². The molecule has 0 aliphatic heterocycles. The molecular formula is C25H34O4. The highest BCUT2D eigenvalue weighted by atomic mass is 16.6. The summed E-state index contributed by atoms with van der Waals surface area (Å²) in [5, 5.41) is 0. The van der Waals surface area contributed by atoms with E-state index in [-0.39, 0.29) is 34.3 Å². The van der Waals surface area contributed by atoms with Gasteiger partial charge in [-0.1, -0.05) is 39.3 Å². The molecule has 0 saturated heterocycles. The van der Waals surface area contributed by atoms with Gasteiger partial charge in [0.25, 0.3) is 0 Å². The predicted octanol–water partition coefficient (Wildman–Crippen LogP) is 4.68. The first kappa shape index (κ1) is 20.6. The number of hydrogen-bond acceptors (Lipinski definition) is 4. The van der Waals surface area contributed by atoms with Crippen LogP contribution >= 0.6 is 0 Å². The molecule has 4 rings (SSSR count). The number of hydrogen-bond donors (Lipinski definition) is 0. The molecule has 4 nitrogen and oxygen atoms in total. The van der Waals surface area contributed by atoms with E-state index in [1.165, 1.54) is 12.5 Å². The third-order valence-electron chi connectivity index (χ3n) is 9.24. The predicted molar refractivity (Wildman–Crippen MR) is 111 cm³/mol. The molecule has 0 spiro atoms. The molecule has 3 saturated carbocycles. The summed E-state index contributed by atoms with van der Waals surface area (Å²) in [5.74, 6) is 1.34. The number of rotatable bonds is 2. The number of carbonyl (C=O) groups excluding carboxylic acids is 3. The minimum absolute atomic E-state index is 0.0116. The molecule has 0 amide bonds. The van der Waals surface area contributed by atoms with Crippen LogP contribution in [-0.4, -0.2) is 23.1 Å². The second-order valence-corrected chi connectivity index (χ2v) is 10.6. The van der Waals surface area contributed by atoms with Crippen molar-refractivity contribution >= 4 is 17.5 Å². The Bertz CT molecular complexity index is 838. The summed E-state index contributed by atoms with van der Waals surface area (Å²) in [6.07, 6.45) is 9.55. The minimum atomic E-state index is -1.02. The van der Waals surface area contributed by atoms with Gasteiger partial charge >= 0.3 is 5.97 Å². The molecular weight excluding hydrogens is 364 g/mol. The lowest BCUT2D eigenvalue weighted by molar-refractivity contribution is -0.192. The number of carbonyl (C=O) groups is 3. The average molecular weight is 399 g/mol. The molecule has 0 heterocycles. The molecule has 0 bridgehead atoms. The van der Waals surface area contributed by atoms with E-state index in [2.05, 4.69) is 33.8 Å². The van der Waals surface area contributed by atoms with Crippen LogP contribution in [0.25, 0.3) is 0 Å². The summed E-state index contributed by atoms with van der Waals surface area (Å²) in [6.45, 7) is 11.8. The fraction of sp³-hybridized carbons (Fsp3) is 0.720. The fourth-order valence-electron chi connectivity index (χ4n) is 8.21. The second kappa shape index (κ2) is 6.39. The maximum Gasteiger partial charge on any atom is 0.303 e. The van der Waals surface area contributed by atoms with Crippen LogP contribution in [0, 0.1) is 40.4 Å². The Morgan fingerprint density at radius 2 is 1.79 bits per heavy atom. The molecule has 0 aromatic heterocycles. The van der Waals surface area contributed by atoms with Crippen LogP contribution in [0.3, 0.4) is 0 Å². The summed E-state index contributed by atoms with van der Waals surface area (Å²) in [5.41, 5.74) is -0.174. The quantitative estimate of drug-likeness (QED) is 0.634. The van der Waals surface area contributed by atoms with Crippen molar-refractivity contribution in [2.45, 2.75) is 72.8 Å². The number of fused-ring (bicyclic) bond motifs is 5. The number of allylic oxidation sites excluding steroid dienone is 4. The second-order valence-electron chi connectivity index (χ2n) is 10.6. The third kappa shape index (κ3) is 2.53. The van der Waals surface area contributed by atoms with Crippen molar-refractivity contribution in [1.82, 2.24) is 0 Å². The lowest BCUT2D eigenvalue weighted by Gasteiger charge is -2.59. The van der Waals surface area contributed by atoms with Gasteiger partial charge in [-0.25, -0.2) is 0 Å². The van der Waals surface area contributed by atoms with Crippen LogP contribution in [0.1, 0.15) is 67.2 Å². The van der Waals surface area contributed by atoms with Crippen molar-refractivity contribution in [3.8, 4) is 0 Å². The van der Waals surface area contributed by atoms with Gasteiger partial charge in [0.1, 0.15) is 0 Å². The van der Waals surface area contributed by atoms with Crippen LogP contribution in [0.15, 0.2) is 23.8 Å². The van der Waals surface area contributed by atoms with Crippen LogP contribution in [0.4, 0.5) is 0 Å². The highest BCUT2D eigenvalue weighted by Gasteiger charge is 2.70. The van der Waals surface area contributed by atoms with Gasteiger partial charge in [0.15, 0.2) is 17.2 Å². The highest BCUT2D eigenvalue weighted by Crippen LogP contribution is 2.69. The van der Waals surface area contributed by atoms with E-state index in [9.17, 15) is 14.4 Å². The van der Waals surface area contributed by atoms with Gasteiger partial charge in [-0.15, -0.1) is 0 Å². The van der Waals surface area contributed by atoms with Crippen molar-refractivity contribution in [3.05, 3.63) is 23.8 Å². The van der Waals surface area contributed by atoms with E-state index < -0.39 is 5.60 Å². The third-order valence-corrected chi connectivity index (χ3v) is 9.24. The van der Waals surface area contributed by atoms with Gasteiger partial charge in [0.2, 0.25) is 0 Å². The topological polar surface area (TPSA) is 60.4 Å². The largest absolute Gasteiger partial charge is 0.450 e.